The van der Waals surface area contributed by atoms with Gasteiger partial charge in [0.25, 0.3) is 0 Å². The topological polar surface area (TPSA) is 125 Å². The average molecular weight is 397 g/mol. The lowest BCUT2D eigenvalue weighted by molar-refractivity contribution is -0.341. The Morgan fingerprint density at radius 1 is 0.769 bits per heavy atom. The van der Waals surface area contributed by atoms with Crippen molar-refractivity contribution >= 4 is 7.82 Å². The highest BCUT2D eigenvalue weighted by atomic mass is 31.2. The van der Waals surface area contributed by atoms with Crippen LogP contribution >= 0.6 is 7.82 Å². The van der Waals surface area contributed by atoms with Crippen molar-refractivity contribution in [3.8, 4) is 0 Å². The predicted octanol–water partition coefficient (Wildman–Crippen LogP) is 2.09. The third-order valence-corrected chi connectivity index (χ3v) is 4.32. The highest BCUT2D eigenvalue weighted by Crippen LogP contribution is 2.24. The minimum Gasteiger partial charge on any atom is -0.790 e. The monoisotopic (exact) mass is 397 g/mol. The van der Waals surface area contributed by atoms with E-state index in [0.717, 1.165) is 12.8 Å². The molecular formula is C18H40NO6P-2. The quantitative estimate of drug-likeness (QED) is 0.239. The summed E-state index contributed by atoms with van der Waals surface area (Å²) in [6.07, 6.45) is 14.6. The predicted molar refractivity (Wildman–Crippen MR) is 102 cm³/mol. The van der Waals surface area contributed by atoms with E-state index < -0.39 is 7.82 Å². The molecule has 7 nitrogen and oxygen atoms in total. The first-order valence-corrected chi connectivity index (χ1v) is 11.5. The van der Waals surface area contributed by atoms with Gasteiger partial charge < -0.3 is 34.4 Å². The lowest BCUT2D eigenvalue weighted by Gasteiger charge is -2.28. The van der Waals surface area contributed by atoms with Crippen LogP contribution in [0.1, 0.15) is 84.0 Å². The smallest absolute Gasteiger partial charge is 0.0596 e. The fourth-order valence-electron chi connectivity index (χ4n) is 2.40. The second-order valence-corrected chi connectivity index (χ2v) is 7.52. The number of hydrogen-bond donors (Lipinski definition) is 3. The molecule has 0 bridgehead atoms. The molecule has 0 spiro atoms. The second kappa shape index (κ2) is 23.0. The van der Waals surface area contributed by atoms with Crippen LogP contribution in [0.2, 0.25) is 0 Å². The summed E-state index contributed by atoms with van der Waals surface area (Å²) >= 11 is 0. The van der Waals surface area contributed by atoms with Crippen molar-refractivity contribution in [3.05, 3.63) is 0 Å². The van der Waals surface area contributed by atoms with Crippen molar-refractivity contribution in [2.75, 3.05) is 32.9 Å². The summed E-state index contributed by atoms with van der Waals surface area (Å²) in [6, 6.07) is 0. The molecule has 0 heterocycles. The van der Waals surface area contributed by atoms with Crippen LogP contribution in [0.3, 0.4) is 0 Å². The summed E-state index contributed by atoms with van der Waals surface area (Å²) in [5.41, 5.74) is 0. The van der Waals surface area contributed by atoms with Gasteiger partial charge in [-0.15, -0.1) is 0 Å². The first kappa shape index (κ1) is 28.2. The van der Waals surface area contributed by atoms with E-state index in [1.165, 1.54) is 57.8 Å². The maximum Gasteiger partial charge on any atom is 0.0596 e. The van der Waals surface area contributed by atoms with Gasteiger partial charge in [-0.2, -0.15) is 0 Å². The second-order valence-electron chi connectivity index (χ2n) is 6.37. The molecule has 8 heteroatoms. The molecule has 3 N–H and O–H groups in total. The summed E-state index contributed by atoms with van der Waals surface area (Å²) in [4.78, 5) is 20.4. The average Bonchev–Trinajstić information content (AvgIpc) is 2.59. The van der Waals surface area contributed by atoms with Crippen LogP contribution in [0.15, 0.2) is 0 Å². The third kappa shape index (κ3) is 31.7. The van der Waals surface area contributed by atoms with Gasteiger partial charge in [-0.05, 0) is 6.42 Å². The van der Waals surface area contributed by atoms with Gasteiger partial charge in [-0.1, -0.05) is 77.6 Å². The normalized spacial score (nSPS) is 11.3. The molecule has 0 aliphatic heterocycles. The van der Waals surface area contributed by atoms with E-state index >= 15 is 0 Å². The summed E-state index contributed by atoms with van der Waals surface area (Å²) in [5, 5.41) is 19.1. The van der Waals surface area contributed by atoms with Gasteiger partial charge in [0.1, 0.15) is 0 Å². The molecule has 160 valence electrons. The molecular weight excluding hydrogens is 357 g/mol. The molecule has 0 amide bonds. The minimum atomic E-state index is -4.75. The minimum absolute atomic E-state index is 0.0434. The van der Waals surface area contributed by atoms with Crippen LogP contribution in [-0.2, 0) is 9.09 Å². The van der Waals surface area contributed by atoms with Gasteiger partial charge >= 0.3 is 0 Å². The van der Waals surface area contributed by atoms with Gasteiger partial charge in [-0.25, -0.2) is 0 Å². The lowest BCUT2D eigenvalue weighted by atomic mass is 10.1. The lowest BCUT2D eigenvalue weighted by Crippen LogP contribution is -2.21. The van der Waals surface area contributed by atoms with E-state index in [4.69, 9.17) is 10.2 Å². The van der Waals surface area contributed by atoms with Crippen molar-refractivity contribution < 1.29 is 29.1 Å². The Balaban J connectivity index is 0. The molecule has 0 aliphatic carbocycles. The summed E-state index contributed by atoms with van der Waals surface area (Å²) in [7, 11) is -4.75. The number of aliphatic hydroxyl groups is 2. The molecule has 0 aliphatic rings. The van der Waals surface area contributed by atoms with E-state index in [1.54, 1.807) is 0 Å². The van der Waals surface area contributed by atoms with Crippen LogP contribution < -0.4 is 15.1 Å². The molecule has 0 atom stereocenters. The number of aliphatic hydroxyl groups excluding tert-OH is 2. The summed E-state index contributed by atoms with van der Waals surface area (Å²) in [6.45, 7) is 3.70. The summed E-state index contributed by atoms with van der Waals surface area (Å²) in [5.74, 6) is 0. The highest BCUT2D eigenvalue weighted by molar-refractivity contribution is 7.43. The molecule has 0 aromatic rings. The zero-order valence-electron chi connectivity index (χ0n) is 16.5. The maximum atomic E-state index is 10.2. The van der Waals surface area contributed by atoms with E-state index in [0.29, 0.717) is 19.5 Å². The van der Waals surface area contributed by atoms with E-state index in [2.05, 4.69) is 16.8 Å². The Morgan fingerprint density at radius 3 is 1.50 bits per heavy atom. The molecule has 0 fully saturated rings. The van der Waals surface area contributed by atoms with Gasteiger partial charge in [0.15, 0.2) is 0 Å². The number of nitrogens with one attached hydrogen (secondary N) is 1. The largest absolute Gasteiger partial charge is 0.790 e. The first-order valence-electron chi connectivity index (χ1n) is 10.1. The standard InChI is InChI=1S/C14H31O4P.C4H11NO2/c1-2-3-4-5-6-7-8-9-10-11-12-13-14-18-19(15,16)17;6-3-1-5-2-4-7/h2-14H2,1H3,(H2,15,16,17);5-7H,1-4H2/p-2. The maximum absolute atomic E-state index is 10.2. The van der Waals surface area contributed by atoms with E-state index in [1.807, 2.05) is 0 Å². The molecule has 26 heavy (non-hydrogen) atoms. The Hall–Kier alpha value is -0.0100. The van der Waals surface area contributed by atoms with Crippen LogP contribution in [0.25, 0.3) is 0 Å². The fraction of sp³-hybridized carbons (Fsp3) is 1.00. The number of rotatable bonds is 18. The van der Waals surface area contributed by atoms with Crippen molar-refractivity contribution in [2.45, 2.75) is 84.0 Å². The number of unbranched alkanes of at least 4 members (excludes halogenated alkanes) is 11. The van der Waals surface area contributed by atoms with E-state index in [-0.39, 0.29) is 19.8 Å². The Bertz CT molecular complexity index is 297. The molecule has 0 unspecified atom stereocenters. The van der Waals surface area contributed by atoms with Crippen LogP contribution in [0.5, 0.6) is 0 Å². The summed E-state index contributed by atoms with van der Waals surface area (Å²) < 4.78 is 14.3. The molecule has 0 rings (SSSR count). The Morgan fingerprint density at radius 2 is 1.15 bits per heavy atom. The van der Waals surface area contributed by atoms with Crippen molar-refractivity contribution in [2.24, 2.45) is 0 Å². The van der Waals surface area contributed by atoms with Crippen molar-refractivity contribution in [1.29, 1.82) is 0 Å². The fourth-order valence-corrected chi connectivity index (χ4v) is 2.76. The first-order chi connectivity index (χ1) is 12.5. The zero-order chi connectivity index (χ0) is 19.9. The Kier molecular flexibility index (Phi) is 25.0. The van der Waals surface area contributed by atoms with Crippen LogP contribution in [-0.4, -0.2) is 43.1 Å². The van der Waals surface area contributed by atoms with Crippen LogP contribution in [0.4, 0.5) is 0 Å². The van der Waals surface area contributed by atoms with Gasteiger partial charge in [0.2, 0.25) is 0 Å². The number of phosphoric acid groups is 1. The number of phosphoric ester groups is 1. The molecule has 0 radical (unpaired) electrons. The SMILES string of the molecule is CCCCCCCCCCCCCCOP(=O)([O-])[O-].OCCNCCO. The van der Waals surface area contributed by atoms with Crippen molar-refractivity contribution in [1.82, 2.24) is 5.32 Å². The van der Waals surface area contributed by atoms with Gasteiger partial charge in [0.05, 0.1) is 27.6 Å². The molecule has 0 aromatic heterocycles. The van der Waals surface area contributed by atoms with Crippen molar-refractivity contribution in [3.63, 3.8) is 0 Å². The molecule has 0 saturated carbocycles. The number of hydrogen-bond acceptors (Lipinski definition) is 7. The molecule has 0 aromatic carbocycles. The van der Waals surface area contributed by atoms with Gasteiger partial charge in [0, 0.05) is 13.1 Å². The zero-order valence-corrected chi connectivity index (χ0v) is 17.4. The van der Waals surface area contributed by atoms with E-state index in [9.17, 15) is 14.4 Å². The Labute approximate surface area is 159 Å². The van der Waals surface area contributed by atoms with Crippen LogP contribution in [0, 0.1) is 0 Å². The molecule has 0 saturated heterocycles. The van der Waals surface area contributed by atoms with Gasteiger partial charge in [-0.3, -0.25) is 0 Å². The highest BCUT2D eigenvalue weighted by Gasteiger charge is 1.95. The third-order valence-electron chi connectivity index (χ3n) is 3.82.